The molecule has 41 heavy (non-hydrogen) atoms. The average Bonchev–Trinajstić information content (AvgIpc) is 3.43. The van der Waals surface area contributed by atoms with Gasteiger partial charge in [0.1, 0.15) is 12.4 Å². The van der Waals surface area contributed by atoms with Gasteiger partial charge in [0.25, 0.3) is 5.91 Å². The Bertz CT molecular complexity index is 1390. The zero-order valence-corrected chi connectivity index (χ0v) is 23.4. The first kappa shape index (κ1) is 30.1. The fourth-order valence-corrected chi connectivity index (χ4v) is 4.77. The van der Waals surface area contributed by atoms with Gasteiger partial charge in [-0.2, -0.15) is 13.2 Å². The quantitative estimate of drug-likeness (QED) is 0.203. The molecule has 0 bridgehead atoms. The van der Waals surface area contributed by atoms with Crippen LogP contribution in [0.15, 0.2) is 48.8 Å². The van der Waals surface area contributed by atoms with Gasteiger partial charge in [0, 0.05) is 56.4 Å². The number of ether oxygens (including phenoxy) is 2. The number of amides is 1. The Kier molecular flexibility index (Phi) is 9.70. The Morgan fingerprint density at radius 1 is 1.24 bits per heavy atom. The van der Waals surface area contributed by atoms with Crippen LogP contribution in [0.4, 0.5) is 29.7 Å². The highest BCUT2D eigenvalue weighted by atomic mass is 32.1. The SMILES string of the molecule is CNc1ncc(/C(N)=C/N(N)c2cc(C(=O)Nc3cc(OCCN4CCOCC4)cc(C(F)(F)F)c3)ccc2C)s1. The van der Waals surface area contributed by atoms with Gasteiger partial charge in [-0.1, -0.05) is 17.4 Å². The minimum atomic E-state index is -4.63. The largest absolute Gasteiger partial charge is 0.492 e. The minimum Gasteiger partial charge on any atom is -0.492 e. The molecule has 6 N–H and O–H groups in total. The first-order chi connectivity index (χ1) is 19.5. The van der Waals surface area contributed by atoms with E-state index in [1.54, 1.807) is 32.3 Å². The second kappa shape index (κ2) is 13.2. The van der Waals surface area contributed by atoms with E-state index in [0.717, 1.165) is 30.8 Å². The first-order valence-corrected chi connectivity index (χ1v) is 13.6. The molecule has 1 amide bonds. The summed E-state index contributed by atoms with van der Waals surface area (Å²) >= 11 is 1.35. The molecule has 14 heteroatoms. The zero-order chi connectivity index (χ0) is 29.6. The lowest BCUT2D eigenvalue weighted by molar-refractivity contribution is -0.137. The smallest absolute Gasteiger partial charge is 0.416 e. The highest BCUT2D eigenvalue weighted by Gasteiger charge is 2.32. The Balaban J connectivity index is 1.50. The Morgan fingerprint density at radius 2 is 2.00 bits per heavy atom. The summed E-state index contributed by atoms with van der Waals surface area (Å²) in [5.41, 5.74) is 6.99. The number of nitrogens with zero attached hydrogens (tertiary/aromatic N) is 3. The van der Waals surface area contributed by atoms with Crippen LogP contribution in [0.1, 0.15) is 26.4 Å². The third-order valence-corrected chi connectivity index (χ3v) is 7.37. The van der Waals surface area contributed by atoms with Gasteiger partial charge in [0.15, 0.2) is 5.13 Å². The van der Waals surface area contributed by atoms with Crippen molar-refractivity contribution in [3.63, 3.8) is 0 Å². The summed E-state index contributed by atoms with van der Waals surface area (Å²) in [6, 6.07) is 7.94. The number of aryl methyl sites for hydroxylation is 1. The van der Waals surface area contributed by atoms with Crippen molar-refractivity contribution in [3.05, 3.63) is 70.4 Å². The molecule has 0 aliphatic carbocycles. The van der Waals surface area contributed by atoms with Crippen molar-refractivity contribution in [2.45, 2.75) is 13.1 Å². The maximum Gasteiger partial charge on any atom is 0.416 e. The molecule has 0 spiro atoms. The maximum absolute atomic E-state index is 13.6. The van der Waals surface area contributed by atoms with E-state index in [1.807, 2.05) is 0 Å². The predicted octanol–water partition coefficient (Wildman–Crippen LogP) is 4.11. The van der Waals surface area contributed by atoms with Gasteiger partial charge in [0.2, 0.25) is 0 Å². The van der Waals surface area contributed by atoms with Crippen LogP contribution in [0.2, 0.25) is 0 Å². The van der Waals surface area contributed by atoms with E-state index in [2.05, 4.69) is 20.5 Å². The van der Waals surface area contributed by atoms with Crippen LogP contribution in [-0.2, 0) is 10.9 Å². The molecule has 0 atom stereocenters. The number of thiazole rings is 1. The van der Waals surface area contributed by atoms with Crippen molar-refractivity contribution in [2.24, 2.45) is 11.6 Å². The predicted molar refractivity (Wildman–Crippen MR) is 154 cm³/mol. The number of nitrogens with two attached hydrogens (primary N) is 2. The highest BCUT2D eigenvalue weighted by Crippen LogP contribution is 2.34. The number of benzene rings is 2. The van der Waals surface area contributed by atoms with Gasteiger partial charge in [-0.3, -0.25) is 14.7 Å². The summed E-state index contributed by atoms with van der Waals surface area (Å²) in [6.45, 7) is 5.22. The van der Waals surface area contributed by atoms with E-state index in [-0.39, 0.29) is 23.6 Å². The molecule has 1 aromatic heterocycles. The van der Waals surface area contributed by atoms with Gasteiger partial charge >= 0.3 is 6.18 Å². The minimum absolute atomic E-state index is 0.00576. The maximum atomic E-state index is 13.6. The van der Waals surface area contributed by atoms with Crippen molar-refractivity contribution < 1.29 is 27.4 Å². The molecule has 1 aliphatic heterocycles. The molecule has 1 aliphatic rings. The molecular formula is C27H32F3N7O3S. The highest BCUT2D eigenvalue weighted by molar-refractivity contribution is 7.16. The number of carbonyl (C=O) groups is 1. The van der Waals surface area contributed by atoms with Gasteiger partial charge in [0.05, 0.1) is 35.0 Å². The summed E-state index contributed by atoms with van der Waals surface area (Å²) in [5, 5.41) is 7.46. The standard InChI is InChI=1S/C27H32F3N7O3S/c1-17-3-4-18(11-23(17)37(32)16-22(31)24-15-34-26(33-2)41-24)25(38)35-20-12-19(27(28,29)30)13-21(14-20)40-10-7-36-5-8-39-9-6-36/h3-4,11-16H,5-10,31-32H2,1-2H3,(H,33,34)(H,35,38)/b22-16-. The van der Waals surface area contributed by atoms with Crippen LogP contribution in [0.3, 0.4) is 0 Å². The number of anilines is 3. The van der Waals surface area contributed by atoms with E-state index in [1.165, 1.54) is 34.7 Å². The van der Waals surface area contributed by atoms with Crippen LogP contribution in [-0.4, -0.2) is 62.3 Å². The second-order valence-corrected chi connectivity index (χ2v) is 10.3. The summed E-state index contributed by atoms with van der Waals surface area (Å²) in [7, 11) is 1.75. The number of halogens is 3. The number of hydrogen-bond acceptors (Lipinski definition) is 10. The molecule has 0 saturated carbocycles. The van der Waals surface area contributed by atoms with Crippen molar-refractivity contribution >= 4 is 39.4 Å². The monoisotopic (exact) mass is 591 g/mol. The van der Waals surface area contributed by atoms with Crippen LogP contribution in [0, 0.1) is 6.92 Å². The van der Waals surface area contributed by atoms with E-state index in [0.29, 0.717) is 41.2 Å². The fraction of sp³-hybridized carbons (Fsp3) is 0.333. The summed E-state index contributed by atoms with van der Waals surface area (Å²) in [6.07, 6.45) is -1.51. The Morgan fingerprint density at radius 3 is 2.68 bits per heavy atom. The van der Waals surface area contributed by atoms with Crippen LogP contribution in [0.25, 0.3) is 5.70 Å². The number of carbonyl (C=O) groups excluding carboxylic acids is 1. The molecular weight excluding hydrogens is 559 g/mol. The lowest BCUT2D eigenvalue weighted by Crippen LogP contribution is -2.38. The Labute approximate surface area is 239 Å². The topological polar surface area (TPSA) is 131 Å². The summed E-state index contributed by atoms with van der Waals surface area (Å²) < 4.78 is 51.8. The van der Waals surface area contributed by atoms with E-state index < -0.39 is 17.6 Å². The number of hydrazine groups is 1. The first-order valence-electron chi connectivity index (χ1n) is 12.8. The van der Waals surface area contributed by atoms with E-state index in [9.17, 15) is 18.0 Å². The molecule has 0 radical (unpaired) electrons. The van der Waals surface area contributed by atoms with Gasteiger partial charge in [-0.15, -0.1) is 0 Å². The molecule has 220 valence electrons. The average molecular weight is 592 g/mol. The molecule has 4 rings (SSSR count). The molecule has 1 saturated heterocycles. The molecule has 1 fully saturated rings. The number of hydrogen-bond donors (Lipinski definition) is 4. The van der Waals surface area contributed by atoms with Gasteiger partial charge < -0.3 is 25.8 Å². The molecule has 2 aromatic carbocycles. The van der Waals surface area contributed by atoms with Crippen molar-refractivity contribution in [1.82, 2.24) is 9.88 Å². The van der Waals surface area contributed by atoms with Gasteiger partial charge in [-0.25, -0.2) is 10.8 Å². The zero-order valence-electron chi connectivity index (χ0n) is 22.6. The van der Waals surface area contributed by atoms with Gasteiger partial charge in [-0.05, 0) is 36.8 Å². The number of morpholine rings is 1. The number of rotatable bonds is 10. The lowest BCUT2D eigenvalue weighted by Gasteiger charge is -2.26. The normalized spacial score (nSPS) is 14.5. The second-order valence-electron chi connectivity index (χ2n) is 9.27. The van der Waals surface area contributed by atoms with Crippen molar-refractivity contribution in [1.29, 1.82) is 0 Å². The molecule has 10 nitrogen and oxygen atoms in total. The van der Waals surface area contributed by atoms with Crippen molar-refractivity contribution in [3.8, 4) is 5.75 Å². The molecule has 2 heterocycles. The Hall–Kier alpha value is -3.85. The molecule has 0 unspecified atom stereocenters. The third-order valence-electron chi connectivity index (χ3n) is 6.30. The van der Waals surface area contributed by atoms with Crippen LogP contribution < -0.4 is 32.0 Å². The van der Waals surface area contributed by atoms with E-state index in [4.69, 9.17) is 21.1 Å². The third kappa shape index (κ3) is 8.10. The number of nitrogens with one attached hydrogen (secondary N) is 2. The fourth-order valence-electron chi connectivity index (χ4n) is 4.07. The summed E-state index contributed by atoms with van der Waals surface area (Å²) in [5.74, 6) is 5.64. The number of aromatic nitrogens is 1. The van der Waals surface area contributed by atoms with Crippen molar-refractivity contribution in [2.75, 3.05) is 62.1 Å². The lowest BCUT2D eigenvalue weighted by atomic mass is 10.1. The number of alkyl halides is 3. The van der Waals surface area contributed by atoms with Crippen LogP contribution in [0.5, 0.6) is 5.75 Å². The van der Waals surface area contributed by atoms with E-state index >= 15 is 0 Å². The van der Waals surface area contributed by atoms with Crippen LogP contribution >= 0.6 is 11.3 Å². The summed E-state index contributed by atoms with van der Waals surface area (Å²) in [4.78, 5) is 20.1. The molecule has 3 aromatic rings.